The lowest BCUT2D eigenvalue weighted by Gasteiger charge is -2.32. The fourth-order valence-electron chi connectivity index (χ4n) is 2.46. The number of carbonyl (C=O) groups is 1. The average molecular weight is 319 g/mol. The summed E-state index contributed by atoms with van der Waals surface area (Å²) in [6.07, 6.45) is -3.09. The summed E-state index contributed by atoms with van der Waals surface area (Å²) in [6.45, 7) is 6.99. The molecule has 0 radical (unpaired) electrons. The number of piperidine rings is 1. The molecule has 0 saturated carbocycles. The number of halogens is 3. The van der Waals surface area contributed by atoms with Crippen molar-refractivity contribution in [2.24, 2.45) is 5.41 Å². The number of hydrogen-bond acceptors (Lipinski definition) is 4. The number of alkyl halides is 3. The van der Waals surface area contributed by atoms with Crippen LogP contribution in [0.5, 0.6) is 0 Å². The third-order valence-corrected chi connectivity index (χ3v) is 3.56. The van der Waals surface area contributed by atoms with Gasteiger partial charge in [-0.15, -0.1) is 10.2 Å². The molecular formula is C14H20F3N3O2. The van der Waals surface area contributed by atoms with Crippen molar-refractivity contribution >= 4 is 5.91 Å². The molecule has 1 aliphatic rings. The molecule has 124 valence electrons. The Labute approximate surface area is 126 Å². The number of rotatable bonds is 2. The fourth-order valence-corrected chi connectivity index (χ4v) is 2.46. The van der Waals surface area contributed by atoms with Gasteiger partial charge in [-0.2, -0.15) is 13.2 Å². The first kappa shape index (κ1) is 16.8. The number of carbonyl (C=O) groups excluding carboxylic acids is 1. The van der Waals surface area contributed by atoms with Gasteiger partial charge in [0.05, 0.1) is 0 Å². The normalized spacial score (nSPS) is 17.8. The summed E-state index contributed by atoms with van der Waals surface area (Å²) in [5.74, 6) is -1.45. The summed E-state index contributed by atoms with van der Waals surface area (Å²) in [6, 6.07) is 0. The van der Waals surface area contributed by atoms with Crippen molar-refractivity contribution in [3.05, 3.63) is 11.8 Å². The second-order valence-electron chi connectivity index (χ2n) is 6.84. The standard InChI is InChI=1S/C14H20F3N3O2/c1-13(2,3)8-10(21)20-6-4-9(5-7-20)11-18-19-12(22-11)14(15,16)17/h9H,4-8H2,1-3H3. The van der Waals surface area contributed by atoms with E-state index >= 15 is 0 Å². The molecular weight excluding hydrogens is 299 g/mol. The summed E-state index contributed by atoms with van der Waals surface area (Å²) >= 11 is 0. The second kappa shape index (κ2) is 5.89. The van der Waals surface area contributed by atoms with E-state index in [-0.39, 0.29) is 23.1 Å². The van der Waals surface area contributed by atoms with Crippen molar-refractivity contribution in [2.45, 2.75) is 52.1 Å². The molecule has 8 heteroatoms. The van der Waals surface area contributed by atoms with E-state index in [1.807, 2.05) is 20.8 Å². The van der Waals surface area contributed by atoms with E-state index in [9.17, 15) is 18.0 Å². The van der Waals surface area contributed by atoms with Gasteiger partial charge in [0.25, 0.3) is 0 Å². The van der Waals surface area contributed by atoms with Gasteiger partial charge in [0.15, 0.2) is 0 Å². The highest BCUT2D eigenvalue weighted by Crippen LogP contribution is 2.33. The van der Waals surface area contributed by atoms with Crippen LogP contribution in [0.2, 0.25) is 0 Å². The third-order valence-electron chi connectivity index (χ3n) is 3.56. The van der Waals surface area contributed by atoms with E-state index in [2.05, 4.69) is 10.2 Å². The Morgan fingerprint density at radius 3 is 2.27 bits per heavy atom. The van der Waals surface area contributed by atoms with E-state index in [4.69, 9.17) is 4.42 Å². The zero-order valence-electron chi connectivity index (χ0n) is 12.9. The van der Waals surface area contributed by atoms with Crippen LogP contribution >= 0.6 is 0 Å². The Bertz CT molecular complexity index is 526. The highest BCUT2D eigenvalue weighted by Gasteiger charge is 2.39. The molecule has 1 aromatic rings. The topological polar surface area (TPSA) is 59.2 Å². The minimum Gasteiger partial charge on any atom is -0.417 e. The smallest absolute Gasteiger partial charge is 0.417 e. The van der Waals surface area contributed by atoms with Gasteiger partial charge in [0.1, 0.15) is 0 Å². The van der Waals surface area contributed by atoms with Gasteiger partial charge >= 0.3 is 12.1 Å². The third kappa shape index (κ3) is 4.20. The molecule has 0 spiro atoms. The maximum Gasteiger partial charge on any atom is 0.470 e. The van der Waals surface area contributed by atoms with Crippen LogP contribution in [-0.2, 0) is 11.0 Å². The number of likely N-dealkylation sites (tertiary alicyclic amines) is 1. The Hall–Kier alpha value is -1.60. The second-order valence-corrected chi connectivity index (χ2v) is 6.84. The average Bonchev–Trinajstić information content (AvgIpc) is 2.86. The fraction of sp³-hybridized carbons (Fsp3) is 0.786. The first-order valence-electron chi connectivity index (χ1n) is 7.24. The molecule has 0 unspecified atom stereocenters. The van der Waals surface area contributed by atoms with Crippen LogP contribution in [0.25, 0.3) is 0 Å². The summed E-state index contributed by atoms with van der Waals surface area (Å²) in [5.41, 5.74) is -0.0813. The Balaban J connectivity index is 1.92. The maximum atomic E-state index is 12.4. The lowest BCUT2D eigenvalue weighted by atomic mass is 9.90. The molecule has 0 aliphatic carbocycles. The van der Waals surface area contributed by atoms with Crippen molar-refractivity contribution in [3.63, 3.8) is 0 Å². The summed E-state index contributed by atoms with van der Waals surface area (Å²) in [4.78, 5) is 13.9. The highest BCUT2D eigenvalue weighted by molar-refractivity contribution is 5.76. The molecule has 0 aromatic carbocycles. The van der Waals surface area contributed by atoms with Gasteiger partial charge in [-0.1, -0.05) is 20.8 Å². The molecule has 1 amide bonds. The van der Waals surface area contributed by atoms with E-state index in [0.717, 1.165) is 0 Å². The largest absolute Gasteiger partial charge is 0.470 e. The maximum absolute atomic E-state index is 12.4. The van der Waals surface area contributed by atoms with Crippen LogP contribution in [0, 0.1) is 5.41 Å². The first-order valence-corrected chi connectivity index (χ1v) is 7.24. The molecule has 0 atom stereocenters. The van der Waals surface area contributed by atoms with Crippen LogP contribution in [0.3, 0.4) is 0 Å². The highest BCUT2D eigenvalue weighted by atomic mass is 19.4. The molecule has 1 aliphatic heterocycles. The SMILES string of the molecule is CC(C)(C)CC(=O)N1CCC(c2nnc(C(F)(F)F)o2)CC1. The molecule has 5 nitrogen and oxygen atoms in total. The van der Waals surface area contributed by atoms with Gasteiger partial charge in [-0.05, 0) is 18.3 Å². The predicted molar refractivity (Wildman–Crippen MR) is 71.9 cm³/mol. The summed E-state index contributed by atoms with van der Waals surface area (Å²) < 4.78 is 42.0. The first-order chi connectivity index (χ1) is 10.1. The molecule has 0 bridgehead atoms. The van der Waals surface area contributed by atoms with E-state index in [1.165, 1.54) is 0 Å². The Morgan fingerprint density at radius 2 is 1.82 bits per heavy atom. The minimum absolute atomic E-state index is 0.00949. The summed E-state index contributed by atoms with van der Waals surface area (Å²) in [5, 5.41) is 6.54. The van der Waals surface area contributed by atoms with E-state index in [0.29, 0.717) is 32.4 Å². The zero-order chi connectivity index (χ0) is 16.5. The van der Waals surface area contributed by atoms with E-state index in [1.54, 1.807) is 4.90 Å². The van der Waals surface area contributed by atoms with Gasteiger partial charge in [-0.25, -0.2) is 0 Å². The van der Waals surface area contributed by atoms with E-state index < -0.39 is 12.1 Å². The zero-order valence-corrected chi connectivity index (χ0v) is 12.9. The van der Waals surface area contributed by atoms with Gasteiger partial charge < -0.3 is 9.32 Å². The molecule has 1 fully saturated rings. The van der Waals surface area contributed by atoms with Crippen molar-refractivity contribution in [2.75, 3.05) is 13.1 Å². The molecule has 2 rings (SSSR count). The number of aromatic nitrogens is 2. The number of nitrogens with zero attached hydrogens (tertiary/aromatic N) is 3. The van der Waals surface area contributed by atoms with Crippen LogP contribution in [-0.4, -0.2) is 34.1 Å². The van der Waals surface area contributed by atoms with Crippen molar-refractivity contribution in [1.82, 2.24) is 15.1 Å². The molecule has 1 saturated heterocycles. The quantitative estimate of drug-likeness (QED) is 0.840. The van der Waals surface area contributed by atoms with Crippen LogP contribution in [0.4, 0.5) is 13.2 Å². The van der Waals surface area contributed by atoms with Crippen LogP contribution in [0.15, 0.2) is 4.42 Å². The Kier molecular flexibility index (Phi) is 4.49. The molecule has 0 N–H and O–H groups in total. The van der Waals surface area contributed by atoms with Gasteiger partial charge in [-0.3, -0.25) is 4.79 Å². The van der Waals surface area contributed by atoms with Gasteiger partial charge in [0.2, 0.25) is 11.8 Å². The molecule has 2 heterocycles. The number of amides is 1. The van der Waals surface area contributed by atoms with Crippen molar-refractivity contribution < 1.29 is 22.4 Å². The minimum atomic E-state index is -4.62. The predicted octanol–water partition coefficient (Wildman–Crippen LogP) is 3.23. The number of hydrogen-bond donors (Lipinski definition) is 0. The van der Waals surface area contributed by atoms with Crippen LogP contribution in [0.1, 0.15) is 57.7 Å². The van der Waals surface area contributed by atoms with Gasteiger partial charge in [0, 0.05) is 25.4 Å². The monoisotopic (exact) mass is 319 g/mol. The lowest BCUT2D eigenvalue weighted by molar-refractivity contribution is -0.157. The molecule has 1 aromatic heterocycles. The molecule has 22 heavy (non-hydrogen) atoms. The Morgan fingerprint density at radius 1 is 1.23 bits per heavy atom. The van der Waals surface area contributed by atoms with Crippen molar-refractivity contribution in [1.29, 1.82) is 0 Å². The summed E-state index contributed by atoms with van der Waals surface area (Å²) in [7, 11) is 0. The van der Waals surface area contributed by atoms with Crippen molar-refractivity contribution in [3.8, 4) is 0 Å². The lowest BCUT2D eigenvalue weighted by Crippen LogP contribution is -2.39. The van der Waals surface area contributed by atoms with Crippen LogP contribution < -0.4 is 0 Å².